The number of aliphatic hydroxyl groups is 2. The van der Waals surface area contributed by atoms with E-state index in [2.05, 4.69) is 0 Å². The highest BCUT2D eigenvalue weighted by atomic mass is 16.6. The molecule has 0 aromatic rings. The largest absolute Gasteiger partial charge is 0.459 e. The molecule has 3 fully saturated rings. The van der Waals surface area contributed by atoms with Crippen LogP contribution in [0, 0.1) is 23.7 Å². The molecule has 0 saturated carbocycles. The Balaban J connectivity index is 1.89. The van der Waals surface area contributed by atoms with Gasteiger partial charge in [0.15, 0.2) is 5.78 Å². The van der Waals surface area contributed by atoms with Crippen molar-refractivity contribution < 1.29 is 34.0 Å². The maximum absolute atomic E-state index is 13.0. The molecule has 1 aliphatic carbocycles. The summed E-state index contributed by atoms with van der Waals surface area (Å²) >= 11 is 0. The molecule has 162 valence electrons. The van der Waals surface area contributed by atoms with Crippen LogP contribution in [0.1, 0.15) is 47.5 Å². The van der Waals surface area contributed by atoms with Crippen molar-refractivity contribution in [1.82, 2.24) is 0 Å². The average molecular weight is 408 g/mol. The molecule has 7 nitrogen and oxygen atoms in total. The van der Waals surface area contributed by atoms with E-state index in [9.17, 15) is 19.8 Å². The van der Waals surface area contributed by atoms with Gasteiger partial charge in [-0.2, -0.15) is 0 Å². The second kappa shape index (κ2) is 6.87. The van der Waals surface area contributed by atoms with Crippen molar-refractivity contribution in [3.63, 3.8) is 0 Å². The van der Waals surface area contributed by atoms with Gasteiger partial charge in [0.1, 0.15) is 11.7 Å². The molecule has 0 aromatic heterocycles. The number of carbonyl (C=O) groups excluding carboxylic acids is 2. The predicted molar refractivity (Wildman–Crippen MR) is 103 cm³/mol. The third kappa shape index (κ3) is 3.17. The molecule has 4 rings (SSSR count). The minimum atomic E-state index is -1.43. The molecule has 0 radical (unpaired) electrons. The Labute approximate surface area is 171 Å². The Hall–Kier alpha value is -1.28. The van der Waals surface area contributed by atoms with Crippen molar-refractivity contribution in [2.24, 2.45) is 23.7 Å². The summed E-state index contributed by atoms with van der Waals surface area (Å²) in [7, 11) is 0. The van der Waals surface area contributed by atoms with Gasteiger partial charge in [-0.05, 0) is 32.8 Å². The van der Waals surface area contributed by atoms with E-state index in [4.69, 9.17) is 14.2 Å². The molecule has 3 aliphatic heterocycles. The summed E-state index contributed by atoms with van der Waals surface area (Å²) in [6.07, 6.45) is -0.777. The van der Waals surface area contributed by atoms with Gasteiger partial charge in [0, 0.05) is 37.5 Å². The average Bonchev–Trinajstić information content (AvgIpc) is 2.93. The van der Waals surface area contributed by atoms with E-state index < -0.39 is 35.5 Å². The summed E-state index contributed by atoms with van der Waals surface area (Å²) in [5, 5.41) is 21.9. The first kappa shape index (κ1) is 21.0. The van der Waals surface area contributed by atoms with Crippen LogP contribution in [-0.2, 0) is 23.8 Å². The number of carbonyl (C=O) groups is 2. The van der Waals surface area contributed by atoms with E-state index >= 15 is 0 Å². The van der Waals surface area contributed by atoms with Gasteiger partial charge >= 0.3 is 5.97 Å². The summed E-state index contributed by atoms with van der Waals surface area (Å²) in [5.41, 5.74) is -1.52. The molecule has 0 aromatic carbocycles. The lowest BCUT2D eigenvalue weighted by atomic mass is 9.62. The van der Waals surface area contributed by atoms with Crippen LogP contribution in [0.25, 0.3) is 0 Å². The number of ketones is 1. The van der Waals surface area contributed by atoms with Crippen LogP contribution in [0.2, 0.25) is 0 Å². The van der Waals surface area contributed by atoms with Crippen molar-refractivity contribution in [3.05, 3.63) is 11.6 Å². The van der Waals surface area contributed by atoms with Gasteiger partial charge in [-0.3, -0.25) is 9.59 Å². The number of aliphatic hydroxyl groups excluding tert-OH is 1. The van der Waals surface area contributed by atoms with E-state index in [1.54, 1.807) is 13.0 Å². The van der Waals surface area contributed by atoms with Gasteiger partial charge < -0.3 is 24.4 Å². The van der Waals surface area contributed by atoms with Gasteiger partial charge in [-0.15, -0.1) is 0 Å². The number of ether oxygens (including phenoxy) is 3. The number of fused-ring (bicyclic) bond motifs is 2. The van der Waals surface area contributed by atoms with Gasteiger partial charge in [-0.25, -0.2) is 0 Å². The highest BCUT2D eigenvalue weighted by Gasteiger charge is 2.65. The first-order valence-electron chi connectivity index (χ1n) is 10.5. The number of hydrogen-bond acceptors (Lipinski definition) is 7. The van der Waals surface area contributed by atoms with Crippen LogP contribution < -0.4 is 0 Å². The lowest BCUT2D eigenvalue weighted by Crippen LogP contribution is -2.58. The molecule has 0 amide bonds. The van der Waals surface area contributed by atoms with Gasteiger partial charge in [0.2, 0.25) is 0 Å². The van der Waals surface area contributed by atoms with Crippen molar-refractivity contribution in [2.75, 3.05) is 6.61 Å². The van der Waals surface area contributed by atoms with Crippen LogP contribution in [0.4, 0.5) is 0 Å². The molecule has 0 spiro atoms. The Morgan fingerprint density at radius 2 is 2.00 bits per heavy atom. The second-order valence-corrected chi connectivity index (χ2v) is 9.90. The summed E-state index contributed by atoms with van der Waals surface area (Å²) in [6.45, 7) is 9.04. The molecule has 2 unspecified atom stereocenters. The van der Waals surface area contributed by atoms with Crippen molar-refractivity contribution >= 4 is 11.8 Å². The van der Waals surface area contributed by atoms with E-state index in [1.165, 1.54) is 6.92 Å². The van der Waals surface area contributed by atoms with Gasteiger partial charge in [-0.1, -0.05) is 12.5 Å². The van der Waals surface area contributed by atoms with Crippen LogP contribution in [0.3, 0.4) is 0 Å². The van der Waals surface area contributed by atoms with Crippen LogP contribution in [-0.4, -0.2) is 64.2 Å². The zero-order valence-electron chi connectivity index (χ0n) is 17.8. The van der Waals surface area contributed by atoms with E-state index in [0.717, 1.165) is 5.57 Å². The molecule has 7 heteroatoms. The van der Waals surface area contributed by atoms with Gasteiger partial charge in [0.05, 0.1) is 30.5 Å². The number of hydrogen-bond donors (Lipinski definition) is 2. The smallest absolute Gasteiger partial charge is 0.303 e. The minimum absolute atomic E-state index is 0.0183. The molecule has 4 aliphatic rings. The highest BCUT2D eigenvalue weighted by Crippen LogP contribution is 2.56. The van der Waals surface area contributed by atoms with Crippen molar-refractivity contribution in [3.8, 4) is 0 Å². The Bertz CT molecular complexity index is 743. The van der Waals surface area contributed by atoms with E-state index in [1.807, 2.05) is 20.8 Å². The molecular weight excluding hydrogens is 376 g/mol. The molecule has 2 N–H and O–H groups in total. The maximum Gasteiger partial charge on any atom is 0.303 e. The van der Waals surface area contributed by atoms with Crippen LogP contribution >= 0.6 is 0 Å². The topological polar surface area (TPSA) is 102 Å². The van der Waals surface area contributed by atoms with Crippen molar-refractivity contribution in [1.29, 1.82) is 0 Å². The minimum Gasteiger partial charge on any atom is -0.459 e. The lowest BCUT2D eigenvalue weighted by Gasteiger charge is -2.44. The predicted octanol–water partition coefficient (Wildman–Crippen LogP) is 1.39. The normalized spacial score (nSPS) is 52.0. The van der Waals surface area contributed by atoms with Crippen molar-refractivity contribution in [2.45, 2.75) is 83.1 Å². The Kier molecular flexibility index (Phi) is 4.97. The molecule has 3 saturated heterocycles. The number of rotatable bonds is 1. The lowest BCUT2D eigenvalue weighted by molar-refractivity contribution is -0.205. The van der Waals surface area contributed by atoms with Gasteiger partial charge in [0.25, 0.3) is 0 Å². The Morgan fingerprint density at radius 3 is 2.66 bits per heavy atom. The second-order valence-electron chi connectivity index (χ2n) is 9.90. The number of esters is 1. The van der Waals surface area contributed by atoms with Crippen LogP contribution in [0.15, 0.2) is 11.6 Å². The first-order valence-corrected chi connectivity index (χ1v) is 10.5. The number of allylic oxidation sites excluding steroid dienone is 1. The zero-order chi connectivity index (χ0) is 21.3. The SMILES string of the molecule is CC(=O)O[C@@H]1C[C@@H](O)[C@](C)(O)CC2OC3[C@H]4[C@H](C(=O)C=C(C)[C@@H]24)[C@@H](C)CO[C@]31C. The summed E-state index contributed by atoms with van der Waals surface area (Å²) in [6, 6.07) is 0. The summed E-state index contributed by atoms with van der Waals surface area (Å²) < 4.78 is 18.5. The molecule has 2 bridgehead atoms. The third-order valence-corrected chi connectivity index (χ3v) is 7.68. The first-order chi connectivity index (χ1) is 13.5. The van der Waals surface area contributed by atoms with E-state index in [-0.39, 0.29) is 48.4 Å². The summed E-state index contributed by atoms with van der Waals surface area (Å²) in [5.74, 6) is -0.832. The standard InChI is InChI=1S/C22H32O7/c1-10-6-13(24)17-11(2)9-27-22(5)16(28-12(3)23)7-15(25)21(4,26)8-14-18(10)19(17)20(22)29-14/h6,11,14-20,25-26H,7-9H2,1-5H3/t11-,14?,15+,16+,17-,18-,19-,20?,21+,22-/m0/s1. The third-order valence-electron chi connectivity index (χ3n) is 7.68. The summed E-state index contributed by atoms with van der Waals surface area (Å²) in [4.78, 5) is 24.9. The fourth-order valence-corrected chi connectivity index (χ4v) is 6.14. The molecular formula is C22H32O7. The maximum atomic E-state index is 13.0. The fourth-order valence-electron chi connectivity index (χ4n) is 6.14. The van der Waals surface area contributed by atoms with E-state index in [0.29, 0.717) is 6.61 Å². The monoisotopic (exact) mass is 408 g/mol. The van der Waals surface area contributed by atoms with Crippen LogP contribution in [0.5, 0.6) is 0 Å². The quantitative estimate of drug-likeness (QED) is 0.632. The molecule has 3 heterocycles. The zero-order valence-corrected chi connectivity index (χ0v) is 17.8. The Morgan fingerprint density at radius 1 is 1.31 bits per heavy atom. The highest BCUT2D eigenvalue weighted by molar-refractivity contribution is 5.94. The molecule has 29 heavy (non-hydrogen) atoms. The molecule has 10 atom stereocenters. The fraction of sp³-hybridized carbons (Fsp3) is 0.818.